The van der Waals surface area contributed by atoms with Gasteiger partial charge in [0.15, 0.2) is 0 Å². The Balaban J connectivity index is 2.44. The maximum Gasteiger partial charge on any atom is 0.338 e. The second-order valence-corrected chi connectivity index (χ2v) is 3.91. The second-order valence-electron chi connectivity index (χ2n) is 3.91. The van der Waals surface area contributed by atoms with Gasteiger partial charge in [-0.3, -0.25) is 4.90 Å². The van der Waals surface area contributed by atoms with Crippen LogP contribution in [0, 0.1) is 0 Å². The highest BCUT2D eigenvalue weighted by Crippen LogP contribution is 2.10. The lowest BCUT2D eigenvalue weighted by molar-refractivity contribution is 0.0407. The van der Waals surface area contributed by atoms with Crippen LogP contribution in [0.3, 0.4) is 0 Å². The molecule has 0 aromatic carbocycles. The van der Waals surface area contributed by atoms with Gasteiger partial charge in [0.25, 0.3) is 0 Å². The molecule has 2 N–H and O–H groups in total. The van der Waals surface area contributed by atoms with Gasteiger partial charge in [0, 0.05) is 13.7 Å². The van der Waals surface area contributed by atoms with Crippen molar-refractivity contribution >= 4 is 5.97 Å². The van der Waals surface area contributed by atoms with Gasteiger partial charge in [-0.15, -0.1) is 0 Å². The molecule has 96 valence electrons. The molecule has 0 spiro atoms. The van der Waals surface area contributed by atoms with Crippen molar-refractivity contribution in [1.29, 1.82) is 0 Å². The van der Waals surface area contributed by atoms with Gasteiger partial charge < -0.3 is 19.4 Å². The first kappa shape index (κ1) is 13.7. The first-order valence-electron chi connectivity index (χ1n) is 5.19. The van der Waals surface area contributed by atoms with E-state index in [1.165, 1.54) is 19.4 Å². The van der Waals surface area contributed by atoms with Gasteiger partial charge in [0.05, 0.1) is 24.8 Å². The molecular weight excluding hydrogens is 226 g/mol. The largest absolute Gasteiger partial charge is 0.478 e. The molecule has 6 heteroatoms. The molecule has 1 heterocycles. The average Bonchev–Trinajstić information content (AvgIpc) is 2.66. The number of ether oxygens (including phenoxy) is 1. The van der Waals surface area contributed by atoms with Crippen molar-refractivity contribution in [2.45, 2.75) is 12.6 Å². The number of hydrogen-bond donors (Lipinski definition) is 2. The van der Waals surface area contributed by atoms with Crippen molar-refractivity contribution in [3.05, 3.63) is 23.7 Å². The van der Waals surface area contributed by atoms with Crippen LogP contribution >= 0.6 is 0 Å². The first-order chi connectivity index (χ1) is 8.02. The van der Waals surface area contributed by atoms with Crippen molar-refractivity contribution in [2.75, 3.05) is 27.3 Å². The summed E-state index contributed by atoms with van der Waals surface area (Å²) in [5, 5.41) is 18.2. The highest BCUT2D eigenvalue weighted by atomic mass is 16.5. The Bertz CT molecular complexity index is 362. The van der Waals surface area contributed by atoms with Crippen LogP contribution in [0.1, 0.15) is 16.1 Å². The maximum absolute atomic E-state index is 10.6. The third kappa shape index (κ3) is 4.56. The van der Waals surface area contributed by atoms with Crippen LogP contribution < -0.4 is 0 Å². The Hall–Kier alpha value is -1.37. The summed E-state index contributed by atoms with van der Waals surface area (Å²) >= 11 is 0. The van der Waals surface area contributed by atoms with Crippen LogP contribution in [-0.2, 0) is 11.3 Å². The van der Waals surface area contributed by atoms with Crippen LogP contribution in [0.25, 0.3) is 0 Å². The number of carboxylic acid groups (broad SMARTS) is 1. The minimum atomic E-state index is -1.01. The summed E-state index contributed by atoms with van der Waals surface area (Å²) in [7, 11) is 3.33. The Morgan fingerprint density at radius 2 is 2.35 bits per heavy atom. The Labute approximate surface area is 99.4 Å². The van der Waals surface area contributed by atoms with Crippen molar-refractivity contribution in [2.24, 2.45) is 0 Å². The zero-order chi connectivity index (χ0) is 12.8. The predicted octanol–water partition coefficient (Wildman–Crippen LogP) is 0.417. The Morgan fingerprint density at radius 1 is 1.65 bits per heavy atom. The predicted molar refractivity (Wildman–Crippen MR) is 59.9 cm³/mol. The molecule has 1 unspecified atom stereocenters. The second kappa shape index (κ2) is 6.39. The van der Waals surface area contributed by atoms with Crippen LogP contribution in [-0.4, -0.2) is 54.5 Å². The standard InChI is InChI=1S/C11H17NO5/c1-12(4-9(13)7-16-2)5-10-3-8(6-17-10)11(14)15/h3,6,9,13H,4-5,7H2,1-2H3,(H,14,15). The first-order valence-corrected chi connectivity index (χ1v) is 5.19. The number of carbonyl (C=O) groups is 1. The lowest BCUT2D eigenvalue weighted by Gasteiger charge is -2.18. The SMILES string of the molecule is COCC(O)CN(C)Cc1cc(C(=O)O)co1. The van der Waals surface area contributed by atoms with E-state index in [-0.39, 0.29) is 12.2 Å². The molecule has 6 nitrogen and oxygen atoms in total. The van der Waals surface area contributed by atoms with E-state index in [0.29, 0.717) is 18.8 Å². The maximum atomic E-state index is 10.6. The van der Waals surface area contributed by atoms with Crippen LogP contribution in [0.4, 0.5) is 0 Å². The third-order valence-corrected chi connectivity index (χ3v) is 2.21. The van der Waals surface area contributed by atoms with Gasteiger partial charge in [-0.1, -0.05) is 0 Å². The number of likely N-dealkylation sites (N-methyl/N-ethyl adjacent to an activating group) is 1. The number of aliphatic hydroxyl groups excluding tert-OH is 1. The topological polar surface area (TPSA) is 83.1 Å². The van der Waals surface area contributed by atoms with Crippen LogP contribution in [0.2, 0.25) is 0 Å². The number of methoxy groups -OCH3 is 1. The molecule has 1 aromatic heterocycles. The third-order valence-electron chi connectivity index (χ3n) is 2.21. The molecule has 1 rings (SSSR count). The highest BCUT2D eigenvalue weighted by Gasteiger charge is 2.12. The molecule has 0 aliphatic carbocycles. The van der Waals surface area contributed by atoms with Gasteiger partial charge >= 0.3 is 5.97 Å². The molecule has 0 fully saturated rings. The zero-order valence-corrected chi connectivity index (χ0v) is 9.92. The van der Waals surface area contributed by atoms with Gasteiger partial charge in [-0.2, -0.15) is 0 Å². The fraction of sp³-hybridized carbons (Fsp3) is 0.545. The Kier molecular flexibility index (Phi) is 5.14. The lowest BCUT2D eigenvalue weighted by Crippen LogP contribution is -2.31. The number of aromatic carboxylic acids is 1. The summed E-state index contributed by atoms with van der Waals surface area (Å²) in [6, 6.07) is 1.47. The van der Waals surface area contributed by atoms with Crippen molar-refractivity contribution in [3.63, 3.8) is 0 Å². The number of rotatable bonds is 7. The number of carboxylic acids is 1. The van der Waals surface area contributed by atoms with Crippen LogP contribution in [0.5, 0.6) is 0 Å². The normalized spacial score (nSPS) is 12.9. The number of furan rings is 1. The van der Waals surface area contributed by atoms with Gasteiger partial charge in [-0.05, 0) is 13.1 Å². The molecular formula is C11H17NO5. The van der Waals surface area contributed by atoms with E-state index in [1.807, 2.05) is 11.9 Å². The molecule has 0 amide bonds. The quantitative estimate of drug-likeness (QED) is 0.722. The highest BCUT2D eigenvalue weighted by molar-refractivity contribution is 5.87. The monoisotopic (exact) mass is 243 g/mol. The molecule has 0 radical (unpaired) electrons. The zero-order valence-electron chi connectivity index (χ0n) is 9.92. The van der Waals surface area contributed by atoms with E-state index >= 15 is 0 Å². The molecule has 0 aliphatic rings. The fourth-order valence-corrected chi connectivity index (χ4v) is 1.51. The molecule has 0 saturated heterocycles. The van der Waals surface area contributed by atoms with Gasteiger partial charge in [0.2, 0.25) is 0 Å². The molecule has 17 heavy (non-hydrogen) atoms. The van der Waals surface area contributed by atoms with E-state index in [1.54, 1.807) is 0 Å². The minimum Gasteiger partial charge on any atom is -0.478 e. The lowest BCUT2D eigenvalue weighted by atomic mass is 10.3. The summed E-state index contributed by atoms with van der Waals surface area (Å²) in [5.74, 6) is -0.461. The molecule has 0 bridgehead atoms. The smallest absolute Gasteiger partial charge is 0.338 e. The van der Waals surface area contributed by atoms with Crippen molar-refractivity contribution < 1.29 is 24.2 Å². The molecule has 0 saturated carbocycles. The van der Waals surface area contributed by atoms with Gasteiger partial charge in [-0.25, -0.2) is 4.79 Å². The number of hydrogen-bond acceptors (Lipinski definition) is 5. The molecule has 1 aromatic rings. The summed E-state index contributed by atoms with van der Waals surface area (Å²) in [6.45, 7) is 1.13. The summed E-state index contributed by atoms with van der Waals surface area (Å²) in [4.78, 5) is 12.5. The number of aliphatic hydroxyl groups is 1. The average molecular weight is 243 g/mol. The van der Waals surface area contributed by atoms with E-state index in [0.717, 1.165) is 0 Å². The molecule has 0 aliphatic heterocycles. The van der Waals surface area contributed by atoms with E-state index in [2.05, 4.69) is 0 Å². The van der Waals surface area contributed by atoms with Crippen LogP contribution in [0.15, 0.2) is 16.7 Å². The van der Waals surface area contributed by atoms with E-state index in [4.69, 9.17) is 14.3 Å². The van der Waals surface area contributed by atoms with Crippen molar-refractivity contribution in [1.82, 2.24) is 4.90 Å². The minimum absolute atomic E-state index is 0.130. The summed E-state index contributed by atoms with van der Waals surface area (Å²) in [5.41, 5.74) is 0.130. The Morgan fingerprint density at radius 3 is 2.88 bits per heavy atom. The fourth-order valence-electron chi connectivity index (χ4n) is 1.51. The van der Waals surface area contributed by atoms with E-state index < -0.39 is 12.1 Å². The number of nitrogens with zero attached hydrogens (tertiary/aromatic N) is 1. The summed E-state index contributed by atoms with van der Waals surface area (Å²) < 4.78 is 9.92. The van der Waals surface area contributed by atoms with Crippen molar-refractivity contribution in [3.8, 4) is 0 Å². The molecule has 1 atom stereocenters. The van der Waals surface area contributed by atoms with Gasteiger partial charge in [0.1, 0.15) is 12.0 Å². The van der Waals surface area contributed by atoms with E-state index in [9.17, 15) is 9.90 Å². The summed E-state index contributed by atoms with van der Waals surface area (Å²) in [6.07, 6.45) is 0.635.